The van der Waals surface area contributed by atoms with Gasteiger partial charge >= 0.3 is 19.8 Å². The van der Waals surface area contributed by atoms with Crippen LogP contribution in [0.2, 0.25) is 0 Å². The number of amides is 2. The molecule has 0 saturated carbocycles. The van der Waals surface area contributed by atoms with E-state index in [-0.39, 0.29) is 45.8 Å². The Morgan fingerprint density at radius 1 is 0.471 bits per heavy atom. The number of hydrogen-bond donors (Lipinski definition) is 3. The Kier molecular flexibility index (Phi) is 50.8. The van der Waals surface area contributed by atoms with E-state index in [1.54, 1.807) is 0 Å². The van der Waals surface area contributed by atoms with Gasteiger partial charge in [-0.2, -0.15) is 0 Å². The summed E-state index contributed by atoms with van der Waals surface area (Å²) in [6.07, 6.45) is 32.9. The van der Waals surface area contributed by atoms with Crippen LogP contribution in [-0.4, -0.2) is 104 Å². The smallest absolute Gasteiger partial charge is 0.462 e. The highest BCUT2D eigenvalue weighted by atomic mass is 31.2. The largest absolute Gasteiger partial charge is 0.473 e. The molecule has 1 saturated heterocycles. The Morgan fingerprint density at radius 2 is 0.863 bits per heavy atom. The van der Waals surface area contributed by atoms with E-state index in [0.29, 0.717) is 19.3 Å². The van der Waals surface area contributed by atoms with Crippen LogP contribution in [0.4, 0.5) is 0 Å². The molecule has 580 valence electrons. The van der Waals surface area contributed by atoms with Crippen LogP contribution in [-0.2, 0) is 85.8 Å². The molecular formula is C84H139N2O15P. The number of esters is 2. The molecule has 2 amide bonds. The van der Waals surface area contributed by atoms with E-state index in [0.717, 1.165) is 105 Å². The number of phosphoric ester groups is 1. The van der Waals surface area contributed by atoms with Crippen LogP contribution in [0, 0.1) is 17.8 Å². The van der Waals surface area contributed by atoms with E-state index < -0.39 is 94.2 Å². The van der Waals surface area contributed by atoms with E-state index in [9.17, 15) is 28.6 Å². The van der Waals surface area contributed by atoms with Crippen LogP contribution < -0.4 is 10.6 Å². The van der Waals surface area contributed by atoms with Crippen molar-refractivity contribution in [3.63, 3.8) is 0 Å². The molecule has 0 bridgehead atoms. The number of nitrogens with one attached hydrogen (secondary N) is 2. The summed E-state index contributed by atoms with van der Waals surface area (Å²) in [5, 5.41) is 5.89. The molecule has 18 heteroatoms. The zero-order valence-electron chi connectivity index (χ0n) is 64.4. The minimum Gasteiger partial charge on any atom is -0.462 e. The molecule has 1 aliphatic heterocycles. The first-order chi connectivity index (χ1) is 49.5. The second-order valence-electron chi connectivity index (χ2n) is 29.9. The van der Waals surface area contributed by atoms with E-state index in [1.165, 1.54) is 142 Å². The number of carbonyl (C=O) groups excluding carboxylic acids is 4. The molecule has 0 radical (unpaired) electrons. The zero-order chi connectivity index (χ0) is 73.5. The third-order valence-corrected chi connectivity index (χ3v) is 19.9. The summed E-state index contributed by atoms with van der Waals surface area (Å²) >= 11 is 0. The van der Waals surface area contributed by atoms with Gasteiger partial charge < -0.3 is 48.7 Å². The Morgan fingerprint density at radius 3 is 1.29 bits per heavy atom. The molecule has 3 aromatic carbocycles. The van der Waals surface area contributed by atoms with Crippen molar-refractivity contribution in [1.82, 2.24) is 10.6 Å². The van der Waals surface area contributed by atoms with E-state index in [4.69, 9.17) is 42.2 Å². The van der Waals surface area contributed by atoms with Crippen molar-refractivity contribution in [2.75, 3.05) is 33.0 Å². The van der Waals surface area contributed by atoms with Crippen LogP contribution in [0.5, 0.6) is 0 Å². The van der Waals surface area contributed by atoms with Crippen molar-refractivity contribution in [3.8, 4) is 0 Å². The first-order valence-electron chi connectivity index (χ1n) is 40.2. The lowest BCUT2D eigenvalue weighted by Crippen LogP contribution is -2.66. The molecule has 8 atom stereocenters. The van der Waals surface area contributed by atoms with Gasteiger partial charge in [0.25, 0.3) is 5.91 Å². The summed E-state index contributed by atoms with van der Waals surface area (Å²) in [5.74, 6) is 0.0435. The van der Waals surface area contributed by atoms with Crippen LogP contribution >= 0.6 is 7.82 Å². The SMILES string of the molecule is CC(=O)N[C@H]1[C@@H](OC[C@@H](OP(=O)(O)OC[C@H](COC(=O)CCCCCCCCCCCCCC(C)C)OC(=O)CCCCCCCCCCCC(C)C)C(=O)NCCCCCCCCCCCCCCC(C)C)O[C@H](COCc2ccccc2)[C@@H](OCc2ccccc2)[C@@H]1OCc1ccccc1. The number of hydrogen-bond acceptors (Lipinski definition) is 14. The molecule has 0 aromatic heterocycles. The van der Waals surface area contributed by atoms with Gasteiger partial charge in [-0.1, -0.05) is 338 Å². The fraction of sp³-hybridized carbons (Fsp3) is 0.738. The van der Waals surface area contributed by atoms with Gasteiger partial charge in [0.05, 0.1) is 39.6 Å². The Hall–Kier alpha value is -4.55. The van der Waals surface area contributed by atoms with Crippen molar-refractivity contribution in [2.45, 2.75) is 349 Å². The maximum absolute atomic E-state index is 14.5. The maximum Gasteiger partial charge on any atom is 0.473 e. The molecule has 1 aliphatic rings. The standard InChI is InChI=1S/C84H139N2O15P/c1-68(2)49-37-28-22-16-11-8-9-14-21-27-33-48-60-85-83(90)77(67-97-84-80(86-71(7)87)82(96-63-74-56-44-36-45-57-74)81(95-62-73-54-42-35-43-55-73)76(100-84)66-93-61-72-52-40-34-41-53-72)101-102(91,92)98-65-75(99-79(89)59-47-32-26-20-15-18-24-30-39-51-70(5)6)64-94-78(88)58-46-31-25-19-13-10-12-17-23-29-38-50-69(3)4/h34-36,40-45,52-57,68-70,75-77,80-82,84H,8-33,37-39,46-51,58-67H2,1-7H3,(H,85,90)(H,86,87)(H,91,92)/t75-,76+,77+,80+,81+,82+,84-/m0/s1. The maximum atomic E-state index is 14.5. The highest BCUT2D eigenvalue weighted by Gasteiger charge is 2.49. The molecule has 102 heavy (non-hydrogen) atoms. The second-order valence-corrected chi connectivity index (χ2v) is 31.3. The van der Waals surface area contributed by atoms with Gasteiger partial charge in [-0.05, 0) is 53.7 Å². The molecule has 0 spiro atoms. The summed E-state index contributed by atoms with van der Waals surface area (Å²) in [4.78, 5) is 66.2. The van der Waals surface area contributed by atoms with Crippen LogP contribution in [0.1, 0.15) is 303 Å². The van der Waals surface area contributed by atoms with E-state index in [1.807, 2.05) is 91.0 Å². The topological polar surface area (TPSA) is 213 Å². The molecule has 3 aromatic rings. The quantitative estimate of drug-likeness (QED) is 0.0272. The molecule has 3 N–H and O–H groups in total. The molecular weight excluding hydrogens is 1310 g/mol. The number of carbonyl (C=O) groups is 4. The monoisotopic (exact) mass is 1450 g/mol. The average molecular weight is 1450 g/mol. The molecule has 4 rings (SSSR count). The fourth-order valence-corrected chi connectivity index (χ4v) is 13.8. The summed E-state index contributed by atoms with van der Waals surface area (Å²) in [6, 6.07) is 27.8. The summed E-state index contributed by atoms with van der Waals surface area (Å²) in [5.41, 5.74) is 2.67. The van der Waals surface area contributed by atoms with Crippen LogP contribution in [0.3, 0.4) is 0 Å². The predicted molar refractivity (Wildman–Crippen MR) is 408 cm³/mol. The highest BCUT2D eigenvalue weighted by molar-refractivity contribution is 7.47. The lowest BCUT2D eigenvalue weighted by molar-refractivity contribution is -0.293. The number of ether oxygens (including phenoxy) is 7. The fourth-order valence-electron chi connectivity index (χ4n) is 12.9. The minimum atomic E-state index is -5.24. The van der Waals surface area contributed by atoms with Gasteiger partial charge in [0.15, 0.2) is 18.5 Å². The normalized spacial score (nSPS) is 17.4. The Bertz CT molecular complexity index is 2600. The lowest BCUT2D eigenvalue weighted by atomic mass is 9.95. The molecule has 1 fully saturated rings. The van der Waals surface area contributed by atoms with E-state index >= 15 is 0 Å². The van der Waals surface area contributed by atoms with Crippen molar-refractivity contribution in [3.05, 3.63) is 108 Å². The molecule has 1 unspecified atom stereocenters. The average Bonchev–Trinajstić information content (AvgIpc) is 0.786. The van der Waals surface area contributed by atoms with Crippen LogP contribution in [0.15, 0.2) is 91.0 Å². The second kappa shape index (κ2) is 57.7. The van der Waals surface area contributed by atoms with Gasteiger partial charge in [0, 0.05) is 26.3 Å². The molecule has 17 nitrogen and oxygen atoms in total. The van der Waals surface area contributed by atoms with Crippen molar-refractivity contribution >= 4 is 31.6 Å². The number of rotatable bonds is 64. The first-order valence-corrected chi connectivity index (χ1v) is 41.7. The number of benzene rings is 3. The number of unbranched alkanes of at least 4 members (excludes halogenated alkanes) is 29. The Labute approximate surface area is 617 Å². The third-order valence-electron chi connectivity index (χ3n) is 18.9. The van der Waals surface area contributed by atoms with Crippen molar-refractivity contribution in [2.24, 2.45) is 17.8 Å². The summed E-state index contributed by atoms with van der Waals surface area (Å²) in [7, 11) is -5.24. The molecule has 1 heterocycles. The number of phosphoric acid groups is 1. The highest BCUT2D eigenvalue weighted by Crippen LogP contribution is 2.45. The van der Waals surface area contributed by atoms with Gasteiger partial charge in [0.2, 0.25) is 5.91 Å². The minimum absolute atomic E-state index is 0.00995. The lowest BCUT2D eigenvalue weighted by Gasteiger charge is -2.46. The predicted octanol–water partition coefficient (Wildman–Crippen LogP) is 20.1. The Balaban J connectivity index is 1.50. The van der Waals surface area contributed by atoms with Gasteiger partial charge in [-0.3, -0.25) is 28.2 Å². The van der Waals surface area contributed by atoms with Crippen LogP contribution in [0.25, 0.3) is 0 Å². The van der Waals surface area contributed by atoms with Gasteiger partial charge in [-0.25, -0.2) is 4.57 Å². The summed E-state index contributed by atoms with van der Waals surface area (Å²) in [6.45, 7) is 14.0. The molecule has 0 aliphatic carbocycles. The zero-order valence-corrected chi connectivity index (χ0v) is 65.3. The van der Waals surface area contributed by atoms with Crippen molar-refractivity contribution < 1.29 is 70.8 Å². The van der Waals surface area contributed by atoms with Crippen molar-refractivity contribution in [1.29, 1.82) is 0 Å². The van der Waals surface area contributed by atoms with Gasteiger partial charge in [0.1, 0.15) is 31.0 Å². The summed E-state index contributed by atoms with van der Waals surface area (Å²) < 4.78 is 70.5. The van der Waals surface area contributed by atoms with Gasteiger partial charge in [-0.15, -0.1) is 0 Å². The third kappa shape index (κ3) is 45.7. The van der Waals surface area contributed by atoms with E-state index in [2.05, 4.69) is 52.2 Å². The first kappa shape index (κ1) is 89.8.